The van der Waals surface area contributed by atoms with Gasteiger partial charge in [-0.25, -0.2) is 9.97 Å². The molecule has 88 valence electrons. The fourth-order valence-corrected chi connectivity index (χ4v) is 2.23. The summed E-state index contributed by atoms with van der Waals surface area (Å²) in [5.41, 5.74) is 5.80. The normalized spacial score (nSPS) is 19.4. The van der Waals surface area contributed by atoms with Gasteiger partial charge in [0.05, 0.1) is 9.11 Å². The van der Waals surface area contributed by atoms with E-state index in [1.165, 1.54) is 0 Å². The summed E-state index contributed by atoms with van der Waals surface area (Å²) in [6.45, 7) is 2.11. The van der Waals surface area contributed by atoms with Crippen LogP contribution in [0.3, 0.4) is 0 Å². The molecule has 1 aliphatic heterocycles. The number of rotatable bonds is 3. The maximum absolute atomic E-state index is 5.87. The number of nitrogens with one attached hydrogen (secondary N) is 1. The minimum Gasteiger partial charge on any atom is -0.381 e. The van der Waals surface area contributed by atoms with Gasteiger partial charge in [-0.3, -0.25) is 0 Å². The number of hydrogen-bond acceptors (Lipinski definition) is 5. The Labute approximate surface area is 108 Å². The second-order valence-corrected chi connectivity index (χ2v) is 5.10. The van der Waals surface area contributed by atoms with E-state index in [0.717, 1.165) is 35.4 Å². The highest BCUT2D eigenvalue weighted by Crippen LogP contribution is 2.25. The molecule has 0 spiro atoms. The summed E-state index contributed by atoms with van der Waals surface area (Å²) in [6.07, 6.45) is 5.18. The van der Waals surface area contributed by atoms with Crippen LogP contribution in [0.5, 0.6) is 0 Å². The molecule has 0 saturated carbocycles. The monoisotopic (exact) mass is 334 g/mol. The SMILES string of the molecule is NCC1(Nc2ncncc2I)CCOCC1. The predicted molar refractivity (Wildman–Crippen MR) is 70.2 cm³/mol. The summed E-state index contributed by atoms with van der Waals surface area (Å²) in [5.74, 6) is 0.864. The zero-order valence-corrected chi connectivity index (χ0v) is 11.1. The Morgan fingerprint density at radius 3 is 2.88 bits per heavy atom. The third-order valence-electron chi connectivity index (χ3n) is 2.89. The molecular formula is C10H15IN4O. The smallest absolute Gasteiger partial charge is 0.143 e. The number of nitrogens with two attached hydrogens (primary N) is 1. The van der Waals surface area contributed by atoms with E-state index in [9.17, 15) is 0 Å². The molecule has 2 heterocycles. The zero-order valence-electron chi connectivity index (χ0n) is 8.95. The molecule has 0 atom stereocenters. The molecule has 1 aromatic rings. The van der Waals surface area contributed by atoms with Gasteiger partial charge in [0, 0.05) is 26.0 Å². The Kier molecular flexibility index (Phi) is 3.93. The van der Waals surface area contributed by atoms with Gasteiger partial charge in [-0.15, -0.1) is 0 Å². The molecule has 1 fully saturated rings. The lowest BCUT2D eigenvalue weighted by atomic mass is 9.90. The standard InChI is InChI=1S/C10H15IN4O/c11-8-5-13-7-14-9(8)15-10(6-12)1-3-16-4-2-10/h5,7H,1-4,6,12H2,(H,13,14,15). The number of halogens is 1. The first-order valence-electron chi connectivity index (χ1n) is 5.27. The summed E-state index contributed by atoms with van der Waals surface area (Å²) in [7, 11) is 0. The Morgan fingerprint density at radius 1 is 1.50 bits per heavy atom. The Bertz CT molecular complexity index is 354. The van der Waals surface area contributed by atoms with Gasteiger partial charge in [-0.1, -0.05) is 0 Å². The van der Waals surface area contributed by atoms with Crippen molar-refractivity contribution in [2.24, 2.45) is 5.73 Å². The summed E-state index contributed by atoms with van der Waals surface area (Å²) >= 11 is 2.22. The van der Waals surface area contributed by atoms with E-state index >= 15 is 0 Å². The molecule has 3 N–H and O–H groups in total. The van der Waals surface area contributed by atoms with E-state index in [1.807, 2.05) is 0 Å². The fraction of sp³-hybridized carbons (Fsp3) is 0.600. The largest absolute Gasteiger partial charge is 0.381 e. The van der Waals surface area contributed by atoms with Crippen molar-refractivity contribution in [1.82, 2.24) is 9.97 Å². The van der Waals surface area contributed by atoms with E-state index in [0.29, 0.717) is 6.54 Å². The molecule has 6 heteroatoms. The Hall–Kier alpha value is -0.470. The van der Waals surface area contributed by atoms with Crippen molar-refractivity contribution in [1.29, 1.82) is 0 Å². The van der Waals surface area contributed by atoms with Gasteiger partial charge < -0.3 is 15.8 Å². The Balaban J connectivity index is 2.15. The molecule has 0 unspecified atom stereocenters. The third-order valence-corrected chi connectivity index (χ3v) is 3.68. The summed E-state index contributed by atoms with van der Waals surface area (Å²) in [5, 5.41) is 3.45. The topological polar surface area (TPSA) is 73.1 Å². The first-order valence-corrected chi connectivity index (χ1v) is 6.35. The van der Waals surface area contributed by atoms with E-state index in [2.05, 4.69) is 37.9 Å². The van der Waals surface area contributed by atoms with E-state index < -0.39 is 0 Å². The number of aromatic nitrogens is 2. The molecule has 1 saturated heterocycles. The first-order chi connectivity index (χ1) is 7.76. The molecule has 0 aromatic carbocycles. The fourth-order valence-electron chi connectivity index (χ4n) is 1.80. The van der Waals surface area contributed by atoms with Gasteiger partial charge in [0.15, 0.2) is 0 Å². The Morgan fingerprint density at radius 2 is 2.25 bits per heavy atom. The van der Waals surface area contributed by atoms with Crippen LogP contribution in [0.25, 0.3) is 0 Å². The van der Waals surface area contributed by atoms with Crippen LogP contribution in [0.1, 0.15) is 12.8 Å². The molecular weight excluding hydrogens is 319 g/mol. The molecule has 0 radical (unpaired) electrons. The van der Waals surface area contributed by atoms with Gasteiger partial charge in [-0.2, -0.15) is 0 Å². The van der Waals surface area contributed by atoms with E-state index in [1.54, 1.807) is 12.5 Å². The van der Waals surface area contributed by atoms with Gasteiger partial charge in [-0.05, 0) is 35.4 Å². The van der Waals surface area contributed by atoms with Crippen molar-refractivity contribution in [3.05, 3.63) is 16.1 Å². The van der Waals surface area contributed by atoms with Crippen LogP contribution in [0.15, 0.2) is 12.5 Å². The molecule has 1 aromatic heterocycles. The lowest BCUT2D eigenvalue weighted by molar-refractivity contribution is 0.0626. The van der Waals surface area contributed by atoms with Gasteiger partial charge in [0.25, 0.3) is 0 Å². The number of ether oxygens (including phenoxy) is 1. The zero-order chi connectivity index (χ0) is 11.4. The van der Waals surface area contributed by atoms with E-state index in [-0.39, 0.29) is 5.54 Å². The minimum atomic E-state index is -0.0769. The van der Waals surface area contributed by atoms with Crippen LogP contribution in [0.4, 0.5) is 5.82 Å². The minimum absolute atomic E-state index is 0.0769. The molecule has 1 aliphatic rings. The molecule has 2 rings (SSSR count). The van der Waals surface area contributed by atoms with Crippen LogP contribution >= 0.6 is 22.6 Å². The van der Waals surface area contributed by atoms with Crippen molar-refractivity contribution in [3.63, 3.8) is 0 Å². The van der Waals surface area contributed by atoms with Crippen LogP contribution in [0, 0.1) is 3.57 Å². The van der Waals surface area contributed by atoms with Crippen molar-refractivity contribution in [3.8, 4) is 0 Å². The highest BCUT2D eigenvalue weighted by Gasteiger charge is 2.31. The van der Waals surface area contributed by atoms with Crippen LogP contribution in [-0.4, -0.2) is 35.3 Å². The molecule has 16 heavy (non-hydrogen) atoms. The highest BCUT2D eigenvalue weighted by molar-refractivity contribution is 14.1. The predicted octanol–water partition coefficient (Wildman–Crippen LogP) is 1.00. The number of nitrogens with zero attached hydrogens (tertiary/aromatic N) is 2. The van der Waals surface area contributed by atoms with Crippen molar-refractivity contribution in [2.75, 3.05) is 25.1 Å². The average molecular weight is 334 g/mol. The quantitative estimate of drug-likeness (QED) is 0.807. The van der Waals surface area contributed by atoms with Crippen LogP contribution in [0.2, 0.25) is 0 Å². The average Bonchev–Trinajstić information content (AvgIpc) is 2.33. The first kappa shape index (κ1) is 12.0. The van der Waals surface area contributed by atoms with Gasteiger partial charge in [0.1, 0.15) is 12.1 Å². The van der Waals surface area contributed by atoms with Crippen molar-refractivity contribution < 1.29 is 4.74 Å². The third kappa shape index (κ3) is 2.61. The number of anilines is 1. The molecule has 0 bridgehead atoms. The summed E-state index contributed by atoms with van der Waals surface area (Å²) in [4.78, 5) is 8.21. The van der Waals surface area contributed by atoms with Gasteiger partial charge in [0.2, 0.25) is 0 Å². The second-order valence-electron chi connectivity index (χ2n) is 3.94. The van der Waals surface area contributed by atoms with E-state index in [4.69, 9.17) is 10.5 Å². The summed E-state index contributed by atoms with van der Waals surface area (Å²) in [6, 6.07) is 0. The van der Waals surface area contributed by atoms with Crippen molar-refractivity contribution >= 4 is 28.4 Å². The molecule has 0 amide bonds. The number of hydrogen-bond donors (Lipinski definition) is 2. The van der Waals surface area contributed by atoms with Gasteiger partial charge >= 0.3 is 0 Å². The van der Waals surface area contributed by atoms with Crippen LogP contribution in [-0.2, 0) is 4.74 Å². The molecule has 5 nitrogen and oxygen atoms in total. The molecule has 0 aliphatic carbocycles. The lowest BCUT2D eigenvalue weighted by Crippen LogP contribution is -2.50. The van der Waals surface area contributed by atoms with Crippen molar-refractivity contribution in [2.45, 2.75) is 18.4 Å². The highest BCUT2D eigenvalue weighted by atomic mass is 127. The van der Waals surface area contributed by atoms with Crippen LogP contribution < -0.4 is 11.1 Å². The maximum Gasteiger partial charge on any atom is 0.143 e. The summed E-state index contributed by atoms with van der Waals surface area (Å²) < 4.78 is 6.38. The maximum atomic E-state index is 5.87. The lowest BCUT2D eigenvalue weighted by Gasteiger charge is -2.37. The second kappa shape index (κ2) is 5.24.